The van der Waals surface area contributed by atoms with Crippen molar-refractivity contribution >= 4 is 5.57 Å². The summed E-state index contributed by atoms with van der Waals surface area (Å²) in [6.07, 6.45) is 4.04. The molecule has 2 atom stereocenters. The molecule has 0 saturated carbocycles. The number of hydrogen-bond donors (Lipinski definition) is 2. The van der Waals surface area contributed by atoms with Crippen molar-refractivity contribution < 1.29 is 5.48 Å². The monoisotopic (exact) mass is 258 g/mol. The average molecular weight is 258 g/mol. The summed E-state index contributed by atoms with van der Waals surface area (Å²) in [6.45, 7) is 8.06. The molecule has 3 heteroatoms. The molecule has 0 aliphatic heterocycles. The second kappa shape index (κ2) is 4.93. The Bertz CT molecular complexity index is 540. The first-order chi connectivity index (χ1) is 8.85. The van der Waals surface area contributed by atoms with Crippen molar-refractivity contribution in [3.63, 3.8) is 0 Å². The smallest absolute Gasteiger partial charge is 0.132 e. The van der Waals surface area contributed by atoms with Crippen LogP contribution in [0.3, 0.4) is 0 Å². The number of hydrogen-bond acceptors (Lipinski definition) is 2. The van der Waals surface area contributed by atoms with E-state index in [1.807, 2.05) is 19.9 Å². The first kappa shape index (κ1) is 14.0. The molecule has 19 heavy (non-hydrogen) atoms. The van der Waals surface area contributed by atoms with Gasteiger partial charge in [0.2, 0.25) is 0 Å². The summed E-state index contributed by atoms with van der Waals surface area (Å²) >= 11 is 0. The highest BCUT2D eigenvalue weighted by atomic mass is 16.5. The molecule has 0 aromatic heterocycles. The van der Waals surface area contributed by atoms with Crippen LogP contribution in [0.1, 0.15) is 30.5 Å². The standard InChI is InChI=1S/C16H22N2O/c1-10-5-11(2)7-13(6-10)14-8-12(3)9-16(4,18-19)15(14)17/h5-9,15H,17-18H2,1-4H3. The fourth-order valence-corrected chi connectivity index (χ4v) is 2.80. The van der Waals surface area contributed by atoms with E-state index in [0.29, 0.717) is 0 Å². The maximum atomic E-state index is 11.4. The zero-order chi connectivity index (χ0) is 14.2. The number of nitrogens with two attached hydrogens (primary N) is 2. The van der Waals surface area contributed by atoms with Crippen LogP contribution in [0.5, 0.6) is 0 Å². The van der Waals surface area contributed by atoms with E-state index in [4.69, 9.17) is 5.73 Å². The second-order valence-corrected chi connectivity index (χ2v) is 5.83. The van der Waals surface area contributed by atoms with Crippen molar-refractivity contribution in [3.8, 4) is 0 Å². The van der Waals surface area contributed by atoms with E-state index >= 15 is 0 Å². The molecule has 0 radical (unpaired) electrons. The van der Waals surface area contributed by atoms with Crippen molar-refractivity contribution in [3.05, 3.63) is 57.8 Å². The van der Waals surface area contributed by atoms with Crippen LogP contribution < -0.4 is 11.2 Å². The van der Waals surface area contributed by atoms with E-state index in [1.165, 1.54) is 11.1 Å². The Morgan fingerprint density at radius 3 is 2.26 bits per heavy atom. The van der Waals surface area contributed by atoms with Crippen LogP contribution in [0.4, 0.5) is 0 Å². The van der Waals surface area contributed by atoms with Gasteiger partial charge in [-0.1, -0.05) is 35.4 Å². The molecular formula is C16H22N2O. The lowest BCUT2D eigenvalue weighted by Gasteiger charge is -2.37. The molecule has 0 saturated heterocycles. The highest BCUT2D eigenvalue weighted by molar-refractivity contribution is 5.75. The number of allylic oxidation sites excluding steroid dienone is 2. The Balaban J connectivity index is 2.52. The van der Waals surface area contributed by atoms with E-state index in [9.17, 15) is 5.21 Å². The predicted molar refractivity (Wildman–Crippen MR) is 79.3 cm³/mol. The molecule has 1 aliphatic rings. The molecule has 3 nitrogen and oxygen atoms in total. The number of rotatable bonds is 2. The van der Waals surface area contributed by atoms with Crippen LogP contribution in [-0.4, -0.2) is 11.6 Å². The maximum Gasteiger partial charge on any atom is 0.132 e. The van der Waals surface area contributed by atoms with Crippen LogP contribution in [-0.2, 0) is 0 Å². The van der Waals surface area contributed by atoms with Gasteiger partial charge < -0.3 is 16.4 Å². The van der Waals surface area contributed by atoms with E-state index in [-0.39, 0.29) is 6.04 Å². The maximum absolute atomic E-state index is 11.4. The molecule has 0 heterocycles. The van der Waals surface area contributed by atoms with Crippen molar-refractivity contribution in [2.75, 3.05) is 0 Å². The molecule has 0 fully saturated rings. The molecule has 0 amide bonds. The predicted octanol–water partition coefficient (Wildman–Crippen LogP) is 1.79. The summed E-state index contributed by atoms with van der Waals surface area (Å²) in [5, 5.41) is 11.4. The molecule has 4 N–H and O–H groups in total. The van der Waals surface area contributed by atoms with Crippen molar-refractivity contribution in [1.82, 2.24) is 0 Å². The molecule has 1 aromatic carbocycles. The fraction of sp³-hybridized carbons (Fsp3) is 0.375. The first-order valence-corrected chi connectivity index (χ1v) is 6.57. The second-order valence-electron chi connectivity index (χ2n) is 5.83. The van der Waals surface area contributed by atoms with Gasteiger partial charge in [-0.3, -0.25) is 0 Å². The normalized spacial score (nSPS) is 26.9. The Kier molecular flexibility index (Phi) is 3.63. The minimum absolute atomic E-state index is 0.296. The Morgan fingerprint density at radius 1 is 1.16 bits per heavy atom. The zero-order valence-corrected chi connectivity index (χ0v) is 12.0. The highest BCUT2D eigenvalue weighted by Crippen LogP contribution is 2.30. The van der Waals surface area contributed by atoms with Crippen molar-refractivity contribution in [2.45, 2.75) is 39.3 Å². The lowest BCUT2D eigenvalue weighted by atomic mass is 9.78. The van der Waals surface area contributed by atoms with Gasteiger partial charge in [0, 0.05) is 0 Å². The van der Waals surface area contributed by atoms with Gasteiger partial charge in [-0.2, -0.15) is 0 Å². The van der Waals surface area contributed by atoms with E-state index in [1.54, 1.807) is 0 Å². The minimum Gasteiger partial charge on any atom is -0.635 e. The summed E-state index contributed by atoms with van der Waals surface area (Å²) in [6, 6.07) is 6.10. The quantitative estimate of drug-likeness (QED) is 0.794. The molecule has 1 aromatic rings. The number of aryl methyl sites for hydroxylation is 2. The van der Waals surface area contributed by atoms with E-state index in [0.717, 1.165) is 22.2 Å². The number of quaternary nitrogens is 1. The zero-order valence-electron chi connectivity index (χ0n) is 12.0. The van der Waals surface area contributed by atoms with Gasteiger partial charge in [0.25, 0.3) is 0 Å². The summed E-state index contributed by atoms with van der Waals surface area (Å²) < 4.78 is 0. The lowest BCUT2D eigenvalue weighted by Crippen LogP contribution is -2.94. The largest absolute Gasteiger partial charge is 0.635 e. The van der Waals surface area contributed by atoms with Crippen molar-refractivity contribution in [2.24, 2.45) is 5.73 Å². The summed E-state index contributed by atoms with van der Waals surface area (Å²) in [4.78, 5) is 0. The fourth-order valence-electron chi connectivity index (χ4n) is 2.80. The van der Waals surface area contributed by atoms with Gasteiger partial charge in [0.1, 0.15) is 5.54 Å². The summed E-state index contributed by atoms with van der Waals surface area (Å²) in [5.74, 6) is 0. The Labute approximate surface area is 114 Å². The SMILES string of the molecule is CC1=CC(C)([NH2+][O-])C(N)C(c2cc(C)cc(C)c2)=C1. The molecular weight excluding hydrogens is 236 g/mol. The van der Waals surface area contributed by atoms with Crippen LogP contribution >= 0.6 is 0 Å². The molecule has 0 bridgehead atoms. The van der Waals surface area contributed by atoms with Crippen LogP contribution in [0.2, 0.25) is 0 Å². The van der Waals surface area contributed by atoms with Crippen molar-refractivity contribution in [1.29, 1.82) is 0 Å². The van der Waals surface area contributed by atoms with E-state index in [2.05, 4.69) is 38.1 Å². The van der Waals surface area contributed by atoms with E-state index < -0.39 is 5.54 Å². The third-order valence-electron chi connectivity index (χ3n) is 3.74. The summed E-state index contributed by atoms with van der Waals surface area (Å²) in [7, 11) is 0. The highest BCUT2D eigenvalue weighted by Gasteiger charge is 2.36. The lowest BCUT2D eigenvalue weighted by molar-refractivity contribution is -0.654. The Hall–Kier alpha value is -1.42. The minimum atomic E-state index is -0.619. The third kappa shape index (κ3) is 2.63. The van der Waals surface area contributed by atoms with Crippen LogP contribution in [0.15, 0.2) is 35.9 Å². The van der Waals surface area contributed by atoms with Gasteiger partial charge in [-0.05, 0) is 50.5 Å². The molecule has 102 valence electrons. The summed E-state index contributed by atoms with van der Waals surface area (Å²) in [5.41, 5.74) is 12.3. The molecule has 2 unspecified atom stereocenters. The molecule has 2 rings (SSSR count). The van der Waals surface area contributed by atoms with Crippen LogP contribution in [0.25, 0.3) is 5.57 Å². The van der Waals surface area contributed by atoms with Gasteiger partial charge in [0.15, 0.2) is 0 Å². The van der Waals surface area contributed by atoms with Crippen LogP contribution in [0, 0.1) is 19.1 Å². The van der Waals surface area contributed by atoms with Gasteiger partial charge >= 0.3 is 0 Å². The Morgan fingerprint density at radius 2 is 1.74 bits per heavy atom. The number of hydroxylamine groups is 1. The number of benzene rings is 1. The topological polar surface area (TPSA) is 65.7 Å². The van der Waals surface area contributed by atoms with Gasteiger partial charge in [-0.25, -0.2) is 0 Å². The van der Waals surface area contributed by atoms with Gasteiger partial charge in [0.05, 0.1) is 6.04 Å². The first-order valence-electron chi connectivity index (χ1n) is 6.57. The third-order valence-corrected chi connectivity index (χ3v) is 3.74. The molecule has 1 aliphatic carbocycles. The average Bonchev–Trinajstić information content (AvgIpc) is 2.32. The van der Waals surface area contributed by atoms with Gasteiger partial charge in [-0.15, -0.1) is 0 Å². The molecule has 0 spiro atoms.